The summed E-state index contributed by atoms with van der Waals surface area (Å²) in [7, 11) is 0. The summed E-state index contributed by atoms with van der Waals surface area (Å²) >= 11 is 0. The summed E-state index contributed by atoms with van der Waals surface area (Å²) in [5.74, 6) is 0.967. The molecular weight excluding hydrogens is 236 g/mol. The van der Waals surface area contributed by atoms with E-state index >= 15 is 0 Å². The van der Waals surface area contributed by atoms with Crippen molar-refractivity contribution >= 4 is 0 Å². The van der Waals surface area contributed by atoms with Gasteiger partial charge in [-0.05, 0) is 51.9 Å². The van der Waals surface area contributed by atoms with Gasteiger partial charge in [-0.3, -0.25) is 0 Å². The molecule has 3 heteroatoms. The molecule has 1 N–H and O–H groups in total. The second kappa shape index (κ2) is 4.93. The van der Waals surface area contributed by atoms with E-state index in [1.165, 1.54) is 50.5 Å². The van der Waals surface area contributed by atoms with Crippen LogP contribution in [-0.4, -0.2) is 11.2 Å². The molecule has 106 valence electrons. The largest absolute Gasteiger partial charge is 0.361 e. The Labute approximate surface area is 116 Å². The summed E-state index contributed by atoms with van der Waals surface area (Å²) < 4.78 is 5.30. The number of aromatic nitrogens is 1. The van der Waals surface area contributed by atoms with Crippen LogP contribution >= 0.6 is 0 Å². The lowest BCUT2D eigenvalue weighted by atomic mass is 9.57. The summed E-state index contributed by atoms with van der Waals surface area (Å²) in [6.45, 7) is 6.31. The van der Waals surface area contributed by atoms with Crippen molar-refractivity contribution in [2.75, 3.05) is 0 Å². The highest BCUT2D eigenvalue weighted by Gasteiger charge is 2.47. The van der Waals surface area contributed by atoms with Gasteiger partial charge in [-0.25, -0.2) is 0 Å². The van der Waals surface area contributed by atoms with Crippen LogP contribution in [-0.2, 0) is 0 Å². The van der Waals surface area contributed by atoms with Crippen molar-refractivity contribution in [3.8, 4) is 0 Å². The monoisotopic (exact) mass is 262 g/mol. The van der Waals surface area contributed by atoms with Crippen LogP contribution in [0.15, 0.2) is 4.52 Å². The van der Waals surface area contributed by atoms with E-state index in [0.29, 0.717) is 17.5 Å². The van der Waals surface area contributed by atoms with E-state index in [1.807, 2.05) is 13.8 Å². The molecule has 0 radical (unpaired) electrons. The van der Waals surface area contributed by atoms with Crippen molar-refractivity contribution in [2.24, 2.45) is 5.41 Å². The van der Waals surface area contributed by atoms with Crippen molar-refractivity contribution in [3.63, 3.8) is 0 Å². The zero-order valence-electron chi connectivity index (χ0n) is 12.5. The molecule has 0 amide bonds. The minimum Gasteiger partial charge on any atom is -0.361 e. The van der Waals surface area contributed by atoms with Crippen molar-refractivity contribution < 1.29 is 4.52 Å². The summed E-state index contributed by atoms with van der Waals surface area (Å²) in [5, 5.41) is 7.94. The zero-order valence-corrected chi connectivity index (χ0v) is 12.5. The first-order valence-electron chi connectivity index (χ1n) is 7.81. The molecule has 3 nitrogen and oxygen atoms in total. The fraction of sp³-hybridized carbons (Fsp3) is 0.812. The van der Waals surface area contributed by atoms with E-state index in [4.69, 9.17) is 4.52 Å². The first-order chi connectivity index (χ1) is 9.12. The average Bonchev–Trinajstić information content (AvgIpc) is 2.75. The Hall–Kier alpha value is -0.830. The van der Waals surface area contributed by atoms with E-state index in [0.717, 1.165) is 11.5 Å². The zero-order chi connectivity index (χ0) is 13.5. The lowest BCUT2D eigenvalue weighted by Crippen LogP contribution is -2.54. The fourth-order valence-corrected chi connectivity index (χ4v) is 4.30. The molecule has 2 atom stereocenters. The Balaban J connectivity index is 1.68. The molecule has 2 unspecified atom stereocenters. The highest BCUT2D eigenvalue weighted by Crippen LogP contribution is 2.52. The molecule has 2 saturated carbocycles. The van der Waals surface area contributed by atoms with E-state index in [-0.39, 0.29) is 0 Å². The fourth-order valence-electron chi connectivity index (χ4n) is 4.30. The van der Waals surface area contributed by atoms with Gasteiger partial charge in [0.05, 0.1) is 5.69 Å². The summed E-state index contributed by atoms with van der Waals surface area (Å²) in [6, 6.07) is 1.06. The van der Waals surface area contributed by atoms with Gasteiger partial charge in [0, 0.05) is 17.6 Å². The van der Waals surface area contributed by atoms with Crippen LogP contribution in [0.25, 0.3) is 0 Å². The molecule has 1 aromatic rings. The first kappa shape index (κ1) is 13.2. The van der Waals surface area contributed by atoms with Gasteiger partial charge in [-0.15, -0.1) is 0 Å². The van der Waals surface area contributed by atoms with Crippen molar-refractivity contribution in [1.82, 2.24) is 10.5 Å². The third kappa shape index (κ3) is 2.22. The Morgan fingerprint density at radius 1 is 1.21 bits per heavy atom. The van der Waals surface area contributed by atoms with E-state index in [2.05, 4.69) is 17.4 Å². The SMILES string of the molecule is Cc1noc(C)c1C(C)NC1CCC12CCCCC2. The van der Waals surface area contributed by atoms with Crippen molar-refractivity contribution in [2.45, 2.75) is 77.8 Å². The normalized spacial score (nSPS) is 27.2. The molecule has 0 aromatic carbocycles. The second-order valence-electron chi connectivity index (χ2n) is 6.64. The summed E-state index contributed by atoms with van der Waals surface area (Å²) in [5.41, 5.74) is 2.92. The molecule has 0 aliphatic heterocycles. The lowest BCUT2D eigenvalue weighted by molar-refractivity contribution is 0.0173. The third-order valence-corrected chi connectivity index (χ3v) is 5.49. The maximum atomic E-state index is 5.30. The summed E-state index contributed by atoms with van der Waals surface area (Å²) in [6.07, 6.45) is 9.92. The van der Waals surface area contributed by atoms with Gasteiger partial charge in [0.1, 0.15) is 5.76 Å². The van der Waals surface area contributed by atoms with Crippen molar-refractivity contribution in [3.05, 3.63) is 17.0 Å². The van der Waals surface area contributed by atoms with Crippen LogP contribution in [0.5, 0.6) is 0 Å². The van der Waals surface area contributed by atoms with Crippen LogP contribution in [0.3, 0.4) is 0 Å². The number of hydrogen-bond donors (Lipinski definition) is 1. The predicted octanol–water partition coefficient (Wildman–Crippen LogP) is 4.05. The topological polar surface area (TPSA) is 38.1 Å². The molecule has 2 aliphatic carbocycles. The van der Waals surface area contributed by atoms with Gasteiger partial charge in [-0.2, -0.15) is 0 Å². The van der Waals surface area contributed by atoms with Gasteiger partial charge >= 0.3 is 0 Å². The number of rotatable bonds is 3. The third-order valence-electron chi connectivity index (χ3n) is 5.49. The van der Waals surface area contributed by atoms with Gasteiger partial charge < -0.3 is 9.84 Å². The van der Waals surface area contributed by atoms with Gasteiger partial charge in [0.2, 0.25) is 0 Å². The Morgan fingerprint density at radius 3 is 2.47 bits per heavy atom. The van der Waals surface area contributed by atoms with Crippen LogP contribution in [0, 0.1) is 19.3 Å². The minimum atomic E-state index is 0.357. The van der Waals surface area contributed by atoms with Crippen molar-refractivity contribution in [1.29, 1.82) is 0 Å². The van der Waals surface area contributed by atoms with Crippen LogP contribution in [0.2, 0.25) is 0 Å². The van der Waals surface area contributed by atoms with Crippen LogP contribution < -0.4 is 5.32 Å². The number of nitrogens with zero attached hydrogens (tertiary/aromatic N) is 1. The molecular formula is C16H26N2O. The van der Waals surface area contributed by atoms with Gasteiger partial charge in [-0.1, -0.05) is 24.4 Å². The number of aryl methyl sites for hydroxylation is 2. The quantitative estimate of drug-likeness (QED) is 0.893. The molecule has 19 heavy (non-hydrogen) atoms. The van der Waals surface area contributed by atoms with E-state index in [9.17, 15) is 0 Å². The number of hydrogen-bond acceptors (Lipinski definition) is 3. The van der Waals surface area contributed by atoms with Gasteiger partial charge in [0.15, 0.2) is 0 Å². The highest BCUT2D eigenvalue weighted by molar-refractivity contribution is 5.25. The average molecular weight is 262 g/mol. The maximum absolute atomic E-state index is 5.30. The Bertz CT molecular complexity index is 426. The molecule has 0 saturated heterocycles. The van der Waals surface area contributed by atoms with Crippen LogP contribution in [0.1, 0.15) is 74.9 Å². The molecule has 3 rings (SSSR count). The first-order valence-corrected chi connectivity index (χ1v) is 7.81. The highest BCUT2D eigenvalue weighted by atomic mass is 16.5. The maximum Gasteiger partial charge on any atom is 0.138 e. The van der Waals surface area contributed by atoms with E-state index < -0.39 is 0 Å². The molecule has 0 bridgehead atoms. The molecule has 2 aliphatic rings. The van der Waals surface area contributed by atoms with Crippen LogP contribution in [0.4, 0.5) is 0 Å². The molecule has 1 spiro atoms. The smallest absolute Gasteiger partial charge is 0.138 e. The van der Waals surface area contributed by atoms with Gasteiger partial charge in [0.25, 0.3) is 0 Å². The number of nitrogens with one attached hydrogen (secondary N) is 1. The second-order valence-corrected chi connectivity index (χ2v) is 6.64. The summed E-state index contributed by atoms with van der Waals surface area (Å²) in [4.78, 5) is 0. The van der Waals surface area contributed by atoms with E-state index in [1.54, 1.807) is 0 Å². The minimum absolute atomic E-state index is 0.357. The lowest BCUT2D eigenvalue weighted by Gasteiger charge is -2.53. The Morgan fingerprint density at radius 2 is 1.95 bits per heavy atom. The standard InChI is InChI=1S/C16H26N2O/c1-11(15-12(2)18-19-13(15)3)17-14-7-10-16(14)8-5-4-6-9-16/h11,14,17H,4-10H2,1-3H3. The molecule has 1 heterocycles. The predicted molar refractivity (Wildman–Crippen MR) is 76.1 cm³/mol. The molecule has 1 aromatic heterocycles. The Kier molecular flexibility index (Phi) is 3.42. The molecule has 2 fully saturated rings.